The maximum absolute atomic E-state index is 5.53. The van der Waals surface area contributed by atoms with Crippen LogP contribution in [0.4, 0.5) is 0 Å². The first-order valence-corrected chi connectivity index (χ1v) is 7.32. The third kappa shape index (κ3) is 3.75. The van der Waals surface area contributed by atoms with Gasteiger partial charge in [0.25, 0.3) is 0 Å². The van der Waals surface area contributed by atoms with Gasteiger partial charge in [-0.1, -0.05) is 19.1 Å². The molecule has 2 N–H and O–H groups in total. The summed E-state index contributed by atoms with van der Waals surface area (Å²) >= 11 is 0. The Morgan fingerprint density at radius 1 is 1.37 bits per heavy atom. The summed E-state index contributed by atoms with van der Waals surface area (Å²) < 4.78 is 1.90. The molecule has 6 heteroatoms. The lowest BCUT2D eigenvalue weighted by Gasteiger charge is -2.26. The summed E-state index contributed by atoms with van der Waals surface area (Å²) in [6.45, 7) is 11.6. The molecule has 1 aliphatic rings. The third-order valence-electron chi connectivity index (χ3n) is 4.02. The molecule has 6 nitrogen and oxygen atoms in total. The average molecular weight is 266 g/mol. The van der Waals surface area contributed by atoms with Crippen molar-refractivity contribution < 1.29 is 0 Å². The minimum Gasteiger partial charge on any atom is -0.325 e. The second-order valence-corrected chi connectivity index (χ2v) is 5.14. The van der Waals surface area contributed by atoms with Crippen molar-refractivity contribution in [2.24, 2.45) is 5.73 Å². The number of hydrogen-bond acceptors (Lipinski definition) is 5. The summed E-state index contributed by atoms with van der Waals surface area (Å²) in [5.41, 5.74) is 6.40. The predicted molar refractivity (Wildman–Crippen MR) is 75.7 cm³/mol. The lowest BCUT2D eigenvalue weighted by atomic mass is 10.2. The Kier molecular flexibility index (Phi) is 5.30. The zero-order valence-electron chi connectivity index (χ0n) is 12.1. The second kappa shape index (κ2) is 6.98. The van der Waals surface area contributed by atoms with E-state index in [1.54, 1.807) is 0 Å². The zero-order valence-corrected chi connectivity index (χ0v) is 12.1. The van der Waals surface area contributed by atoms with Crippen LogP contribution in [-0.2, 0) is 13.1 Å². The van der Waals surface area contributed by atoms with E-state index in [1.165, 1.54) is 19.5 Å². The molecular formula is C13H26N6. The quantitative estimate of drug-likeness (QED) is 0.761. The molecule has 0 bridgehead atoms. The minimum atomic E-state index is 0.466. The topological polar surface area (TPSA) is 63.2 Å². The van der Waals surface area contributed by atoms with Gasteiger partial charge in [-0.15, -0.1) is 5.10 Å². The summed E-state index contributed by atoms with van der Waals surface area (Å²) in [7, 11) is 0. The standard InChI is InChI=1S/C13H26N6/c1-3-18(4-2)13-5-6-17(11-13)7-8-19-10-12(9-14)15-16-19/h10,13H,3-9,11,14H2,1-2H3. The number of likely N-dealkylation sites (N-methyl/N-ethyl adjacent to an activating group) is 1. The van der Waals surface area contributed by atoms with Crippen LogP contribution in [0.5, 0.6) is 0 Å². The minimum absolute atomic E-state index is 0.466. The highest BCUT2D eigenvalue weighted by Crippen LogP contribution is 2.15. The first-order valence-electron chi connectivity index (χ1n) is 7.32. The zero-order chi connectivity index (χ0) is 13.7. The Hall–Kier alpha value is -0.980. The molecule has 0 radical (unpaired) electrons. The molecular weight excluding hydrogens is 240 g/mol. The van der Waals surface area contributed by atoms with Crippen LogP contribution in [0.25, 0.3) is 0 Å². The van der Waals surface area contributed by atoms with E-state index in [0.29, 0.717) is 6.54 Å². The first-order chi connectivity index (χ1) is 9.26. The molecule has 0 aliphatic carbocycles. The van der Waals surface area contributed by atoms with E-state index < -0.39 is 0 Å². The van der Waals surface area contributed by atoms with Gasteiger partial charge in [0.1, 0.15) is 0 Å². The molecule has 0 aromatic carbocycles. The molecule has 0 amide bonds. The molecule has 1 fully saturated rings. The Balaban J connectivity index is 1.76. The van der Waals surface area contributed by atoms with Gasteiger partial charge in [0.05, 0.1) is 12.2 Å². The summed E-state index contributed by atoms with van der Waals surface area (Å²) in [6, 6.07) is 0.727. The van der Waals surface area contributed by atoms with Crippen molar-refractivity contribution >= 4 is 0 Å². The number of likely N-dealkylation sites (tertiary alicyclic amines) is 1. The maximum Gasteiger partial charge on any atom is 0.0962 e. The van der Waals surface area contributed by atoms with Crippen molar-refractivity contribution in [2.45, 2.75) is 39.4 Å². The molecule has 0 spiro atoms. The van der Waals surface area contributed by atoms with E-state index in [4.69, 9.17) is 5.73 Å². The maximum atomic E-state index is 5.53. The SMILES string of the molecule is CCN(CC)C1CCN(CCn2cc(CN)nn2)C1. The highest BCUT2D eigenvalue weighted by Gasteiger charge is 2.25. The fourth-order valence-electron chi connectivity index (χ4n) is 2.84. The fourth-order valence-corrected chi connectivity index (χ4v) is 2.84. The smallest absolute Gasteiger partial charge is 0.0962 e. The Labute approximate surface area is 115 Å². The van der Waals surface area contributed by atoms with Gasteiger partial charge in [-0.05, 0) is 26.1 Å². The largest absolute Gasteiger partial charge is 0.325 e. The van der Waals surface area contributed by atoms with Crippen LogP contribution < -0.4 is 5.73 Å². The molecule has 1 unspecified atom stereocenters. The molecule has 2 rings (SSSR count). The molecule has 1 aromatic rings. The van der Waals surface area contributed by atoms with Gasteiger partial charge in [0.15, 0.2) is 0 Å². The van der Waals surface area contributed by atoms with Crippen LogP contribution in [-0.4, -0.2) is 63.6 Å². The number of rotatable bonds is 7. The van der Waals surface area contributed by atoms with Gasteiger partial charge in [0, 0.05) is 31.9 Å². The fraction of sp³-hybridized carbons (Fsp3) is 0.846. The monoisotopic (exact) mass is 266 g/mol. The predicted octanol–water partition coefficient (Wildman–Crippen LogP) is 0.153. The van der Waals surface area contributed by atoms with Gasteiger partial charge in [-0.2, -0.15) is 0 Å². The molecule has 1 aromatic heterocycles. The number of aromatic nitrogens is 3. The van der Waals surface area contributed by atoms with Crippen molar-refractivity contribution in [3.63, 3.8) is 0 Å². The number of hydrogen-bond donors (Lipinski definition) is 1. The van der Waals surface area contributed by atoms with E-state index in [1.807, 2.05) is 10.9 Å². The van der Waals surface area contributed by atoms with Crippen LogP contribution in [0.15, 0.2) is 6.20 Å². The number of nitrogens with two attached hydrogens (primary N) is 1. The Morgan fingerprint density at radius 2 is 2.16 bits per heavy atom. The molecule has 0 saturated carbocycles. The normalized spacial score (nSPS) is 20.5. The van der Waals surface area contributed by atoms with Crippen LogP contribution in [0.3, 0.4) is 0 Å². The van der Waals surface area contributed by atoms with E-state index >= 15 is 0 Å². The van der Waals surface area contributed by atoms with Crippen LogP contribution in [0, 0.1) is 0 Å². The summed E-state index contributed by atoms with van der Waals surface area (Å²) in [5, 5.41) is 8.09. The molecule has 1 atom stereocenters. The summed E-state index contributed by atoms with van der Waals surface area (Å²) in [5.74, 6) is 0. The van der Waals surface area contributed by atoms with E-state index in [2.05, 4.69) is 34.0 Å². The van der Waals surface area contributed by atoms with Crippen molar-refractivity contribution in [1.82, 2.24) is 24.8 Å². The highest BCUT2D eigenvalue weighted by molar-refractivity contribution is 4.90. The lowest BCUT2D eigenvalue weighted by molar-refractivity contribution is 0.208. The van der Waals surface area contributed by atoms with Gasteiger partial charge >= 0.3 is 0 Å². The third-order valence-corrected chi connectivity index (χ3v) is 4.02. The van der Waals surface area contributed by atoms with Crippen molar-refractivity contribution in [3.05, 3.63) is 11.9 Å². The van der Waals surface area contributed by atoms with Crippen molar-refractivity contribution in [3.8, 4) is 0 Å². The summed E-state index contributed by atoms with van der Waals surface area (Å²) in [4.78, 5) is 5.08. The van der Waals surface area contributed by atoms with Crippen LogP contribution >= 0.6 is 0 Å². The van der Waals surface area contributed by atoms with Crippen molar-refractivity contribution in [1.29, 1.82) is 0 Å². The Bertz CT molecular complexity index is 373. The molecule has 108 valence electrons. The molecule has 1 saturated heterocycles. The van der Waals surface area contributed by atoms with E-state index in [9.17, 15) is 0 Å². The van der Waals surface area contributed by atoms with Gasteiger partial charge in [-0.3, -0.25) is 14.5 Å². The first kappa shape index (κ1) is 14.4. The van der Waals surface area contributed by atoms with Crippen LogP contribution in [0.1, 0.15) is 26.0 Å². The summed E-state index contributed by atoms with van der Waals surface area (Å²) in [6.07, 6.45) is 3.23. The second-order valence-electron chi connectivity index (χ2n) is 5.14. The molecule has 2 heterocycles. The van der Waals surface area contributed by atoms with Gasteiger partial charge in [-0.25, -0.2) is 0 Å². The van der Waals surface area contributed by atoms with Gasteiger partial charge in [0.2, 0.25) is 0 Å². The van der Waals surface area contributed by atoms with E-state index in [-0.39, 0.29) is 0 Å². The number of nitrogens with zero attached hydrogens (tertiary/aromatic N) is 5. The lowest BCUT2D eigenvalue weighted by Crippen LogP contribution is -2.37. The van der Waals surface area contributed by atoms with E-state index in [0.717, 1.165) is 37.9 Å². The average Bonchev–Trinajstić information content (AvgIpc) is 3.06. The Morgan fingerprint density at radius 3 is 2.79 bits per heavy atom. The van der Waals surface area contributed by atoms with Crippen molar-refractivity contribution in [2.75, 3.05) is 32.7 Å². The van der Waals surface area contributed by atoms with Crippen LogP contribution in [0.2, 0.25) is 0 Å². The van der Waals surface area contributed by atoms with Gasteiger partial charge < -0.3 is 5.73 Å². The molecule has 19 heavy (non-hydrogen) atoms. The highest BCUT2D eigenvalue weighted by atomic mass is 15.4. The molecule has 1 aliphatic heterocycles.